The van der Waals surface area contributed by atoms with Crippen LogP contribution in [0.25, 0.3) is 0 Å². The molecule has 3 amide bonds. The Balaban J connectivity index is 1.60. The summed E-state index contributed by atoms with van der Waals surface area (Å²) in [4.78, 5) is 39.8. The molecule has 1 aromatic rings. The van der Waals surface area contributed by atoms with E-state index in [1.165, 1.54) is 0 Å². The van der Waals surface area contributed by atoms with Crippen LogP contribution in [0.3, 0.4) is 0 Å². The lowest BCUT2D eigenvalue weighted by molar-refractivity contribution is -0.146. The minimum absolute atomic E-state index is 0.0260. The Labute approximate surface area is 172 Å². The summed E-state index contributed by atoms with van der Waals surface area (Å²) in [6.45, 7) is 3.81. The van der Waals surface area contributed by atoms with Gasteiger partial charge in [-0.3, -0.25) is 14.4 Å². The highest BCUT2D eigenvalue weighted by atomic mass is 16.2. The number of carbonyl (C=O) groups is 3. The first-order valence-corrected chi connectivity index (χ1v) is 10.6. The minimum Gasteiger partial charge on any atom is -0.352 e. The molecule has 3 rings (SSSR count). The first-order chi connectivity index (χ1) is 13.9. The molecular formula is C22H32N4O3. The van der Waals surface area contributed by atoms with Crippen LogP contribution in [0.5, 0.6) is 0 Å². The number of amides is 3. The quantitative estimate of drug-likeness (QED) is 0.638. The van der Waals surface area contributed by atoms with Crippen molar-refractivity contribution in [2.45, 2.75) is 82.6 Å². The Morgan fingerprint density at radius 1 is 1.17 bits per heavy atom. The van der Waals surface area contributed by atoms with E-state index < -0.39 is 18.1 Å². The number of benzene rings is 1. The molecule has 0 aromatic heterocycles. The van der Waals surface area contributed by atoms with Crippen molar-refractivity contribution in [2.75, 3.05) is 0 Å². The molecule has 158 valence electrons. The highest BCUT2D eigenvalue weighted by Crippen LogP contribution is 2.32. The van der Waals surface area contributed by atoms with E-state index in [2.05, 4.69) is 10.6 Å². The molecule has 0 saturated carbocycles. The maximum absolute atomic E-state index is 13.0. The summed E-state index contributed by atoms with van der Waals surface area (Å²) in [7, 11) is 0. The summed E-state index contributed by atoms with van der Waals surface area (Å²) in [6.07, 6.45) is 4.14. The zero-order valence-electron chi connectivity index (χ0n) is 17.3. The summed E-state index contributed by atoms with van der Waals surface area (Å²) in [5.41, 5.74) is 6.94. The Morgan fingerprint density at radius 2 is 1.86 bits per heavy atom. The SMILES string of the molecule is CC[C@H](N)C(=O)N[C@H]1CC[C@H]2CC[C@@H](C(=O)N[C@H](C)Cc3ccccc3)N2C1=O. The fourth-order valence-electron chi connectivity index (χ4n) is 4.38. The number of nitrogens with one attached hydrogen (secondary N) is 2. The Kier molecular flexibility index (Phi) is 6.90. The van der Waals surface area contributed by atoms with Gasteiger partial charge >= 0.3 is 0 Å². The molecule has 7 heteroatoms. The summed E-state index contributed by atoms with van der Waals surface area (Å²) in [5.74, 6) is -0.575. The second kappa shape index (κ2) is 9.39. The van der Waals surface area contributed by atoms with Crippen LogP contribution >= 0.6 is 0 Å². The van der Waals surface area contributed by atoms with E-state index in [0.717, 1.165) is 24.8 Å². The highest BCUT2D eigenvalue weighted by Gasteiger charge is 2.46. The van der Waals surface area contributed by atoms with Crippen molar-refractivity contribution >= 4 is 17.7 Å². The Hall–Kier alpha value is -2.41. The van der Waals surface area contributed by atoms with Gasteiger partial charge in [0.25, 0.3) is 0 Å². The molecule has 29 heavy (non-hydrogen) atoms. The molecule has 0 unspecified atom stereocenters. The largest absolute Gasteiger partial charge is 0.352 e. The maximum atomic E-state index is 13.0. The van der Waals surface area contributed by atoms with Crippen LogP contribution in [0.2, 0.25) is 0 Å². The van der Waals surface area contributed by atoms with E-state index in [4.69, 9.17) is 5.73 Å². The van der Waals surface area contributed by atoms with Gasteiger partial charge in [0.15, 0.2) is 0 Å². The van der Waals surface area contributed by atoms with Crippen LogP contribution in [0.4, 0.5) is 0 Å². The topological polar surface area (TPSA) is 105 Å². The lowest BCUT2D eigenvalue weighted by atomic mass is 9.97. The minimum atomic E-state index is -0.614. The maximum Gasteiger partial charge on any atom is 0.246 e. The van der Waals surface area contributed by atoms with Crippen LogP contribution in [0, 0.1) is 0 Å². The molecule has 2 saturated heterocycles. The van der Waals surface area contributed by atoms with Crippen LogP contribution in [0.15, 0.2) is 30.3 Å². The molecule has 0 radical (unpaired) electrons. The van der Waals surface area contributed by atoms with E-state index in [9.17, 15) is 14.4 Å². The Morgan fingerprint density at radius 3 is 2.55 bits per heavy atom. The van der Waals surface area contributed by atoms with E-state index in [1.807, 2.05) is 44.2 Å². The molecule has 2 heterocycles. The van der Waals surface area contributed by atoms with Gasteiger partial charge in [-0.2, -0.15) is 0 Å². The van der Waals surface area contributed by atoms with Gasteiger partial charge in [0.05, 0.1) is 6.04 Å². The van der Waals surface area contributed by atoms with Gasteiger partial charge in [-0.05, 0) is 51.0 Å². The molecular weight excluding hydrogens is 368 g/mol. The summed E-state index contributed by atoms with van der Waals surface area (Å²) in [5, 5.41) is 5.84. The van der Waals surface area contributed by atoms with Gasteiger partial charge in [0.1, 0.15) is 12.1 Å². The monoisotopic (exact) mass is 400 g/mol. The molecule has 2 aliphatic rings. The van der Waals surface area contributed by atoms with Gasteiger partial charge in [-0.15, -0.1) is 0 Å². The standard InChI is InChI=1S/C22H32N4O3/c1-3-17(23)20(27)25-18-11-9-16-10-12-19(26(16)22(18)29)21(28)24-14(2)13-15-7-5-4-6-8-15/h4-8,14,16-19H,3,9-13,23H2,1-2H3,(H,24,28)(H,25,27)/t14-,16+,17+,18+,19+/m1/s1. The molecule has 2 fully saturated rings. The molecule has 0 bridgehead atoms. The van der Waals surface area contributed by atoms with Gasteiger partial charge in [-0.1, -0.05) is 37.3 Å². The molecule has 5 atom stereocenters. The van der Waals surface area contributed by atoms with E-state index >= 15 is 0 Å². The van der Waals surface area contributed by atoms with Crippen molar-refractivity contribution in [1.29, 1.82) is 0 Å². The van der Waals surface area contributed by atoms with Crippen LogP contribution in [-0.4, -0.2) is 52.8 Å². The number of fused-ring (bicyclic) bond motifs is 1. The predicted octanol–water partition coefficient (Wildman–Crippen LogP) is 1.11. The second-order valence-electron chi connectivity index (χ2n) is 8.25. The van der Waals surface area contributed by atoms with Gasteiger partial charge < -0.3 is 21.3 Å². The predicted molar refractivity (Wildman–Crippen MR) is 111 cm³/mol. The number of rotatable bonds is 7. The van der Waals surface area contributed by atoms with Crippen molar-refractivity contribution in [2.24, 2.45) is 5.73 Å². The number of hydrogen-bond acceptors (Lipinski definition) is 4. The van der Waals surface area contributed by atoms with E-state index in [-0.39, 0.29) is 29.8 Å². The lowest BCUT2D eigenvalue weighted by Gasteiger charge is -2.38. The zero-order chi connectivity index (χ0) is 21.0. The average Bonchev–Trinajstić information content (AvgIpc) is 3.15. The van der Waals surface area contributed by atoms with Crippen molar-refractivity contribution in [3.05, 3.63) is 35.9 Å². The van der Waals surface area contributed by atoms with Crippen molar-refractivity contribution in [3.8, 4) is 0 Å². The smallest absolute Gasteiger partial charge is 0.246 e. The fraction of sp³-hybridized carbons (Fsp3) is 0.591. The first kappa shape index (κ1) is 21.3. The Bertz CT molecular complexity index is 739. The van der Waals surface area contributed by atoms with E-state index in [1.54, 1.807) is 4.90 Å². The van der Waals surface area contributed by atoms with Crippen molar-refractivity contribution < 1.29 is 14.4 Å². The summed E-state index contributed by atoms with van der Waals surface area (Å²) in [6, 6.07) is 8.39. The average molecular weight is 401 g/mol. The number of nitrogens with two attached hydrogens (primary N) is 1. The van der Waals surface area contributed by atoms with Crippen molar-refractivity contribution in [3.63, 3.8) is 0 Å². The molecule has 4 N–H and O–H groups in total. The van der Waals surface area contributed by atoms with Crippen LogP contribution in [0.1, 0.15) is 51.5 Å². The molecule has 0 spiro atoms. The first-order valence-electron chi connectivity index (χ1n) is 10.6. The molecule has 0 aliphatic carbocycles. The number of hydrogen-bond donors (Lipinski definition) is 3. The summed E-state index contributed by atoms with van der Waals surface area (Å²) >= 11 is 0. The molecule has 7 nitrogen and oxygen atoms in total. The summed E-state index contributed by atoms with van der Waals surface area (Å²) < 4.78 is 0. The number of nitrogens with zero attached hydrogens (tertiary/aromatic N) is 1. The third kappa shape index (κ3) is 4.96. The number of piperidine rings is 1. The van der Waals surface area contributed by atoms with Crippen LogP contribution < -0.4 is 16.4 Å². The zero-order valence-corrected chi connectivity index (χ0v) is 17.3. The third-order valence-electron chi connectivity index (χ3n) is 6.01. The fourth-order valence-corrected chi connectivity index (χ4v) is 4.38. The van der Waals surface area contributed by atoms with Gasteiger partial charge in [0, 0.05) is 12.1 Å². The second-order valence-corrected chi connectivity index (χ2v) is 8.25. The highest BCUT2D eigenvalue weighted by molar-refractivity contribution is 5.94. The van der Waals surface area contributed by atoms with Gasteiger partial charge in [0.2, 0.25) is 17.7 Å². The lowest BCUT2D eigenvalue weighted by Crippen LogP contribution is -2.60. The number of carbonyl (C=O) groups excluding carboxylic acids is 3. The van der Waals surface area contributed by atoms with E-state index in [0.29, 0.717) is 19.3 Å². The van der Waals surface area contributed by atoms with Gasteiger partial charge in [-0.25, -0.2) is 0 Å². The third-order valence-corrected chi connectivity index (χ3v) is 6.01. The molecule has 2 aliphatic heterocycles. The molecule has 1 aromatic carbocycles. The van der Waals surface area contributed by atoms with Crippen LogP contribution in [-0.2, 0) is 20.8 Å². The normalized spacial score (nSPS) is 25.8. The van der Waals surface area contributed by atoms with Crippen molar-refractivity contribution in [1.82, 2.24) is 15.5 Å².